The summed E-state index contributed by atoms with van der Waals surface area (Å²) in [5.74, 6) is 0.0891. The first-order valence-corrected chi connectivity index (χ1v) is 23.4. The zero-order valence-electron chi connectivity index (χ0n) is 38.8. The third-order valence-corrected chi connectivity index (χ3v) is 12.5. The normalized spacial score (nSPS) is 13.2. The Morgan fingerprint density at radius 2 is 0.662 bits per heavy atom. The number of carbonyl (C=O) groups excluding carboxylic acids is 1. The van der Waals surface area contributed by atoms with Gasteiger partial charge in [-0.05, 0) is 67.6 Å². The molecule has 0 N–H and O–H groups in total. The molecule has 29 heteroatoms. The first-order chi connectivity index (χ1) is 36.4. The molecule has 0 fully saturated rings. The Labute approximate surface area is 450 Å². The van der Waals surface area contributed by atoms with Crippen molar-refractivity contribution in [1.29, 1.82) is 0 Å². The number of rotatable bonds is 8. The predicted octanol–water partition coefficient (Wildman–Crippen LogP) is 16.3. The Balaban J connectivity index is 0.000000370. The van der Waals surface area contributed by atoms with E-state index in [0.717, 1.165) is 25.4 Å². The van der Waals surface area contributed by atoms with E-state index in [2.05, 4.69) is 44.0 Å². The van der Waals surface area contributed by atoms with Crippen LogP contribution in [0.2, 0.25) is 0 Å². The highest BCUT2D eigenvalue weighted by atomic mass is 79.9. The molecule has 0 saturated carbocycles. The van der Waals surface area contributed by atoms with E-state index >= 15 is 0 Å². The molecule has 1 aromatic heterocycles. The van der Waals surface area contributed by atoms with Gasteiger partial charge in [-0.15, -0.1) is 0 Å². The van der Waals surface area contributed by atoms with Crippen LogP contribution in [0.5, 0.6) is 0 Å². The van der Waals surface area contributed by atoms with Gasteiger partial charge in [-0.1, -0.05) is 97.1 Å². The lowest BCUT2D eigenvalue weighted by atomic mass is 9.12. The fourth-order valence-electron chi connectivity index (χ4n) is 8.62. The van der Waals surface area contributed by atoms with E-state index in [1.165, 1.54) is 0 Å². The summed E-state index contributed by atoms with van der Waals surface area (Å²) in [6.07, 6.45) is -50.9. The quantitative estimate of drug-likeness (QED) is 0.0643. The number of hydrogen-bond donors (Lipinski definition) is 0. The molecule has 0 radical (unpaired) electrons. The van der Waals surface area contributed by atoms with Gasteiger partial charge in [-0.3, -0.25) is 4.79 Å². The molecule has 426 valence electrons. The first kappa shape index (κ1) is 62.7. The molecule has 2 nitrogen and oxygen atoms in total. The molecular weight excluding hydrogens is 1270 g/mol. The zero-order chi connectivity index (χ0) is 60.1. The Kier molecular flexibility index (Phi) is 17.3. The largest absolute Gasteiger partial charge is 0.416 e. The van der Waals surface area contributed by atoms with E-state index in [9.17, 15) is 110 Å². The van der Waals surface area contributed by atoms with Crippen molar-refractivity contribution in [3.05, 3.63) is 199 Å². The van der Waals surface area contributed by atoms with Crippen LogP contribution in [0.15, 0.2) is 143 Å². The van der Waals surface area contributed by atoms with E-state index in [0.29, 0.717) is 6.54 Å². The van der Waals surface area contributed by atoms with Gasteiger partial charge in [0, 0.05) is 17.7 Å². The minimum atomic E-state index is -6.13. The Bertz CT molecular complexity index is 3020. The van der Waals surface area contributed by atoms with Crippen molar-refractivity contribution in [1.82, 2.24) is 0 Å². The molecule has 0 spiro atoms. The SMILES string of the molecule is FC(F)(F)c1cc([B-](c2cc(C(F)(F)F)cc(C(F)(F)F)c2)(c2cc(C(F)(F)F)cc(C(F)(F)F)c2)c2cc(C(F)(F)F)cc(C(F)(F)F)c2)cc(C(F)(F)F)c1.O=C(C[n+]1ccc2ccccc2c1C=C(Br)Br)c1ccccc1. The molecule has 80 heavy (non-hydrogen) atoms. The number of hydrogen-bond acceptors (Lipinski definition) is 1. The number of ketones is 1. The van der Waals surface area contributed by atoms with Gasteiger partial charge in [0.05, 0.1) is 53.3 Å². The van der Waals surface area contributed by atoms with Gasteiger partial charge in [-0.2, -0.15) is 132 Å². The summed E-state index contributed by atoms with van der Waals surface area (Å²) < 4.78 is 344. The monoisotopic (exact) mass is 1290 g/mol. The van der Waals surface area contributed by atoms with E-state index in [-0.39, 0.29) is 5.78 Å². The summed E-state index contributed by atoms with van der Waals surface area (Å²) in [4.78, 5) is 12.5. The maximum atomic E-state index is 14.2. The van der Waals surface area contributed by atoms with Crippen molar-refractivity contribution in [2.24, 2.45) is 0 Å². The number of fused-ring (bicyclic) bond motifs is 1. The molecule has 0 bridgehead atoms. The lowest BCUT2D eigenvalue weighted by molar-refractivity contribution is -0.683. The van der Waals surface area contributed by atoms with Crippen LogP contribution in [0.3, 0.4) is 0 Å². The molecule has 0 aliphatic carbocycles. The molecule has 0 saturated heterocycles. The number of halogens is 26. The number of pyridine rings is 1. The highest BCUT2D eigenvalue weighted by molar-refractivity contribution is 9.28. The van der Waals surface area contributed by atoms with Crippen LogP contribution in [0.1, 0.15) is 60.6 Å². The van der Waals surface area contributed by atoms with Gasteiger partial charge < -0.3 is 0 Å². The van der Waals surface area contributed by atoms with Crippen LogP contribution in [0, 0.1) is 0 Å². The van der Waals surface area contributed by atoms with Crippen LogP contribution in [-0.2, 0) is 56.0 Å². The van der Waals surface area contributed by atoms with Crippen LogP contribution in [0.25, 0.3) is 16.8 Å². The minimum absolute atomic E-state index is 0.0891. The van der Waals surface area contributed by atoms with Gasteiger partial charge in [0.15, 0.2) is 6.20 Å². The van der Waals surface area contributed by atoms with Crippen molar-refractivity contribution in [2.75, 3.05) is 0 Å². The highest BCUT2D eigenvalue weighted by Gasteiger charge is 2.47. The molecule has 7 aromatic rings. The number of nitrogens with zero attached hydrogens (tertiary/aromatic N) is 1. The van der Waals surface area contributed by atoms with E-state index < -0.39 is 195 Å². The smallest absolute Gasteiger partial charge is 0.287 e. The molecule has 6 aromatic carbocycles. The van der Waals surface area contributed by atoms with Gasteiger partial charge in [-0.25, -0.2) is 0 Å². The molecule has 1 heterocycles. The van der Waals surface area contributed by atoms with Crippen molar-refractivity contribution in [3.63, 3.8) is 0 Å². The van der Waals surface area contributed by atoms with Crippen LogP contribution < -0.4 is 26.4 Å². The van der Waals surface area contributed by atoms with E-state index in [4.69, 9.17) is 0 Å². The van der Waals surface area contributed by atoms with Crippen LogP contribution in [-0.4, -0.2) is 11.9 Å². The van der Waals surface area contributed by atoms with Gasteiger partial charge in [0.25, 0.3) is 0 Å². The molecule has 0 unspecified atom stereocenters. The summed E-state index contributed by atoms with van der Waals surface area (Å²) in [5, 5.41) is 2.25. The fourth-order valence-corrected chi connectivity index (χ4v) is 9.06. The van der Waals surface area contributed by atoms with E-state index in [1.54, 1.807) is 0 Å². The summed E-state index contributed by atoms with van der Waals surface area (Å²) >= 11 is 6.84. The predicted molar refractivity (Wildman–Crippen MR) is 251 cm³/mol. The topological polar surface area (TPSA) is 20.9 Å². The number of alkyl halides is 24. The van der Waals surface area contributed by atoms with E-state index in [1.807, 2.05) is 65.4 Å². The number of aromatic nitrogens is 1. The Hall–Kier alpha value is -6.52. The zero-order valence-corrected chi connectivity index (χ0v) is 42.0. The summed E-state index contributed by atoms with van der Waals surface area (Å²) in [6.45, 7) is 0.300. The van der Waals surface area contributed by atoms with Gasteiger partial charge in [0.1, 0.15) is 6.15 Å². The van der Waals surface area contributed by atoms with Crippen LogP contribution in [0.4, 0.5) is 105 Å². The third kappa shape index (κ3) is 14.3. The Morgan fingerprint density at radius 1 is 0.388 bits per heavy atom. The number of carbonyl (C=O) groups is 1. The van der Waals surface area contributed by atoms with Crippen molar-refractivity contribution < 1.29 is 115 Å². The minimum Gasteiger partial charge on any atom is -0.287 e. The number of Topliss-reactive ketones (excluding diaryl/α,β-unsaturated/α-hetero) is 1. The summed E-state index contributed by atoms with van der Waals surface area (Å²) in [7, 11) is 0. The van der Waals surface area contributed by atoms with Crippen LogP contribution >= 0.6 is 31.9 Å². The highest BCUT2D eigenvalue weighted by Crippen LogP contribution is 2.41. The molecule has 0 atom stereocenters. The molecule has 7 rings (SSSR count). The molecular formula is C51H26BBr2F24NO. The van der Waals surface area contributed by atoms with Gasteiger partial charge >= 0.3 is 49.4 Å². The third-order valence-electron chi connectivity index (χ3n) is 12.1. The average Bonchev–Trinajstić information content (AvgIpc) is 3.34. The second-order valence-corrected chi connectivity index (χ2v) is 20.1. The lowest BCUT2D eigenvalue weighted by Crippen LogP contribution is -2.75. The molecule has 0 aliphatic heterocycles. The second kappa shape index (κ2) is 22.1. The molecule has 0 aliphatic rings. The van der Waals surface area contributed by atoms with Crippen molar-refractivity contribution in [3.8, 4) is 0 Å². The lowest BCUT2D eigenvalue weighted by Gasteiger charge is -2.46. The first-order valence-electron chi connectivity index (χ1n) is 21.8. The molecule has 0 amide bonds. The van der Waals surface area contributed by atoms with Gasteiger partial charge in [0.2, 0.25) is 18.0 Å². The van der Waals surface area contributed by atoms with Crippen molar-refractivity contribution >= 4 is 82.5 Å². The van der Waals surface area contributed by atoms with Crippen molar-refractivity contribution in [2.45, 2.75) is 56.0 Å². The fraction of sp³-hybridized carbons (Fsp3) is 0.176. The maximum Gasteiger partial charge on any atom is 0.416 e. The Morgan fingerprint density at radius 3 is 0.938 bits per heavy atom. The standard InChI is InChI=1S/C32H12BF24.C19H14Br2NO/c34-25(35,36)13-1-14(26(37,38)39)6-21(5-13)33(22-7-15(27(40,41)42)2-16(8-22)28(43,44)45,23-9-17(29(46,47)48)3-18(10-23)30(49,50)51)24-11-19(31(52,53)54)4-20(12-24)32(55,56)57;20-19(21)12-17-16-9-5-4-6-14(16)10-11-22(17)13-18(23)15-7-2-1-3-8-15/h1-12H;1-12H,13H2/q-1;+1. The summed E-state index contributed by atoms with van der Waals surface area (Å²) in [5.41, 5.74) is -28.5. The number of benzene rings is 6. The average molecular weight is 1300 g/mol. The maximum absolute atomic E-state index is 14.2. The second-order valence-electron chi connectivity index (χ2n) is 17.4. The summed E-state index contributed by atoms with van der Waals surface area (Å²) in [6, 6.07) is 10.7.